The van der Waals surface area contributed by atoms with E-state index in [9.17, 15) is 13.6 Å². The Hall–Kier alpha value is -1.73. The number of carbonyl (C=O) groups excluding carboxylic acids is 1. The maximum Gasteiger partial charge on any atom is 0.315 e. The van der Waals surface area contributed by atoms with Crippen molar-refractivity contribution in [2.75, 3.05) is 26.4 Å². The molecule has 0 aromatic heterocycles. The molecule has 0 aliphatic rings. The highest BCUT2D eigenvalue weighted by Gasteiger charge is 2.15. The summed E-state index contributed by atoms with van der Waals surface area (Å²) in [6.07, 6.45) is 0.593. The fraction of sp³-hybridized carbons (Fsp3) is 0.500. The summed E-state index contributed by atoms with van der Waals surface area (Å²) in [4.78, 5) is 11.6. The van der Waals surface area contributed by atoms with Crippen molar-refractivity contribution in [1.29, 1.82) is 0 Å². The van der Waals surface area contributed by atoms with Crippen molar-refractivity contribution in [1.82, 2.24) is 10.6 Å². The molecule has 0 saturated carbocycles. The Morgan fingerprint density at radius 1 is 1.38 bits per heavy atom. The van der Waals surface area contributed by atoms with E-state index in [4.69, 9.17) is 9.84 Å². The van der Waals surface area contributed by atoms with E-state index in [0.29, 0.717) is 19.6 Å². The number of benzene rings is 1. The van der Waals surface area contributed by atoms with E-state index >= 15 is 0 Å². The molecule has 0 heterocycles. The third-order valence-corrected chi connectivity index (χ3v) is 2.78. The van der Waals surface area contributed by atoms with Crippen LogP contribution in [0.2, 0.25) is 0 Å². The van der Waals surface area contributed by atoms with Crippen LogP contribution in [0.15, 0.2) is 18.2 Å². The lowest BCUT2D eigenvalue weighted by atomic mass is 10.1. The fourth-order valence-electron chi connectivity index (χ4n) is 1.72. The number of halogens is 2. The maximum atomic E-state index is 13.5. The summed E-state index contributed by atoms with van der Waals surface area (Å²) in [6, 6.07) is 2.73. The molecule has 0 aliphatic carbocycles. The van der Waals surface area contributed by atoms with Gasteiger partial charge in [-0.3, -0.25) is 0 Å². The van der Waals surface area contributed by atoms with Crippen LogP contribution in [-0.4, -0.2) is 37.5 Å². The minimum absolute atomic E-state index is 0.0371. The average molecular weight is 302 g/mol. The second-order valence-electron chi connectivity index (χ2n) is 4.45. The van der Waals surface area contributed by atoms with Gasteiger partial charge in [0.15, 0.2) is 11.6 Å². The second-order valence-corrected chi connectivity index (χ2v) is 4.45. The van der Waals surface area contributed by atoms with Crippen LogP contribution in [0.25, 0.3) is 0 Å². The van der Waals surface area contributed by atoms with Crippen LogP contribution in [-0.2, 0) is 4.74 Å². The van der Waals surface area contributed by atoms with Gasteiger partial charge in [-0.05, 0) is 19.4 Å². The van der Waals surface area contributed by atoms with Crippen LogP contribution in [0.5, 0.6) is 0 Å². The molecule has 0 aliphatic heterocycles. The van der Waals surface area contributed by atoms with Crippen molar-refractivity contribution in [3.8, 4) is 0 Å². The zero-order valence-corrected chi connectivity index (χ0v) is 11.9. The molecular formula is C14H20F2N2O3. The standard InChI is InChI=1S/C14H20F2N2O3/c1-10(11-4-2-5-12(15)13(11)16)18-14(20)17-6-3-8-21-9-7-19/h2,4-5,10,19H,3,6-9H2,1H3,(H2,17,18,20). The number of aliphatic hydroxyl groups is 1. The number of hydrogen-bond acceptors (Lipinski definition) is 3. The summed E-state index contributed by atoms with van der Waals surface area (Å²) >= 11 is 0. The first-order valence-electron chi connectivity index (χ1n) is 6.73. The third-order valence-electron chi connectivity index (χ3n) is 2.78. The van der Waals surface area contributed by atoms with Crippen molar-refractivity contribution in [2.45, 2.75) is 19.4 Å². The fourth-order valence-corrected chi connectivity index (χ4v) is 1.72. The first-order chi connectivity index (χ1) is 10.1. The normalized spacial score (nSPS) is 12.0. The van der Waals surface area contributed by atoms with Crippen molar-refractivity contribution in [3.05, 3.63) is 35.4 Å². The molecule has 1 aromatic carbocycles. The van der Waals surface area contributed by atoms with Crippen LogP contribution < -0.4 is 10.6 Å². The lowest BCUT2D eigenvalue weighted by Gasteiger charge is -2.16. The molecule has 118 valence electrons. The Morgan fingerprint density at radius 3 is 2.86 bits per heavy atom. The quantitative estimate of drug-likeness (QED) is 0.640. The minimum atomic E-state index is -0.956. The summed E-state index contributed by atoms with van der Waals surface area (Å²) in [5, 5.41) is 13.6. The molecule has 5 nitrogen and oxygen atoms in total. The number of nitrogens with one attached hydrogen (secondary N) is 2. The van der Waals surface area contributed by atoms with E-state index in [0.717, 1.165) is 6.07 Å². The highest BCUT2D eigenvalue weighted by atomic mass is 19.2. The molecule has 1 unspecified atom stereocenters. The van der Waals surface area contributed by atoms with Gasteiger partial charge < -0.3 is 20.5 Å². The van der Waals surface area contributed by atoms with Gasteiger partial charge in [0.1, 0.15) is 0 Å². The van der Waals surface area contributed by atoms with Crippen molar-refractivity contribution < 1.29 is 23.4 Å². The summed E-state index contributed by atoms with van der Waals surface area (Å²) in [7, 11) is 0. The zero-order valence-electron chi connectivity index (χ0n) is 11.9. The molecule has 0 spiro atoms. The monoisotopic (exact) mass is 302 g/mol. The minimum Gasteiger partial charge on any atom is -0.394 e. The molecule has 3 N–H and O–H groups in total. The smallest absolute Gasteiger partial charge is 0.315 e. The molecule has 1 atom stereocenters. The van der Waals surface area contributed by atoms with Gasteiger partial charge in [0.05, 0.1) is 19.3 Å². The van der Waals surface area contributed by atoms with Crippen molar-refractivity contribution >= 4 is 6.03 Å². The lowest BCUT2D eigenvalue weighted by molar-refractivity contribution is 0.0909. The molecular weight excluding hydrogens is 282 g/mol. The number of rotatable bonds is 8. The summed E-state index contributed by atoms with van der Waals surface area (Å²) in [5.41, 5.74) is 0.0939. The van der Waals surface area contributed by atoms with E-state index < -0.39 is 23.7 Å². The lowest BCUT2D eigenvalue weighted by Crippen LogP contribution is -2.38. The second kappa shape index (κ2) is 9.25. The maximum absolute atomic E-state index is 13.5. The first kappa shape index (κ1) is 17.3. The molecule has 0 fully saturated rings. The zero-order chi connectivity index (χ0) is 15.7. The third kappa shape index (κ3) is 6.05. The van der Waals surface area contributed by atoms with Crippen molar-refractivity contribution in [2.24, 2.45) is 0 Å². The van der Waals surface area contributed by atoms with E-state index in [1.54, 1.807) is 6.92 Å². The van der Waals surface area contributed by atoms with Gasteiger partial charge in [0.2, 0.25) is 0 Å². The van der Waals surface area contributed by atoms with Gasteiger partial charge in [-0.15, -0.1) is 0 Å². The van der Waals surface area contributed by atoms with Crippen LogP contribution >= 0.6 is 0 Å². The van der Waals surface area contributed by atoms with E-state index in [-0.39, 0.29) is 18.8 Å². The Morgan fingerprint density at radius 2 is 2.14 bits per heavy atom. The van der Waals surface area contributed by atoms with Gasteiger partial charge in [-0.2, -0.15) is 0 Å². The molecule has 1 aromatic rings. The number of carbonyl (C=O) groups is 1. The predicted molar refractivity (Wildman–Crippen MR) is 73.8 cm³/mol. The number of ether oxygens (including phenoxy) is 1. The van der Waals surface area contributed by atoms with Crippen LogP contribution in [0, 0.1) is 11.6 Å². The molecule has 21 heavy (non-hydrogen) atoms. The molecule has 0 bridgehead atoms. The molecule has 7 heteroatoms. The molecule has 2 amide bonds. The van der Waals surface area contributed by atoms with E-state index in [1.807, 2.05) is 0 Å². The molecule has 0 saturated heterocycles. The Labute approximate surface area is 122 Å². The van der Waals surface area contributed by atoms with Gasteiger partial charge >= 0.3 is 6.03 Å². The van der Waals surface area contributed by atoms with E-state index in [1.165, 1.54) is 12.1 Å². The number of urea groups is 1. The summed E-state index contributed by atoms with van der Waals surface area (Å²) < 4.78 is 31.7. The number of amides is 2. The molecule has 0 radical (unpaired) electrons. The number of aliphatic hydroxyl groups excluding tert-OH is 1. The van der Waals surface area contributed by atoms with Crippen LogP contribution in [0.4, 0.5) is 13.6 Å². The SMILES string of the molecule is CC(NC(=O)NCCCOCCO)c1cccc(F)c1F. The molecule has 1 rings (SSSR count). The van der Waals surface area contributed by atoms with Crippen molar-refractivity contribution in [3.63, 3.8) is 0 Å². The topological polar surface area (TPSA) is 70.6 Å². The average Bonchev–Trinajstić information content (AvgIpc) is 2.45. The first-order valence-corrected chi connectivity index (χ1v) is 6.73. The Kier molecular flexibility index (Phi) is 7.63. The van der Waals surface area contributed by atoms with Gasteiger partial charge in [0.25, 0.3) is 0 Å². The highest BCUT2D eigenvalue weighted by Crippen LogP contribution is 2.18. The van der Waals surface area contributed by atoms with Crippen LogP contribution in [0.3, 0.4) is 0 Å². The summed E-state index contributed by atoms with van der Waals surface area (Å²) in [5.74, 6) is -1.90. The van der Waals surface area contributed by atoms with Gasteiger partial charge in [-0.25, -0.2) is 13.6 Å². The van der Waals surface area contributed by atoms with Crippen LogP contribution in [0.1, 0.15) is 24.9 Å². The summed E-state index contributed by atoms with van der Waals surface area (Å²) in [6.45, 7) is 2.61. The highest BCUT2D eigenvalue weighted by molar-refractivity contribution is 5.74. The van der Waals surface area contributed by atoms with Gasteiger partial charge in [-0.1, -0.05) is 12.1 Å². The van der Waals surface area contributed by atoms with E-state index in [2.05, 4.69) is 10.6 Å². The Balaban J connectivity index is 2.32. The predicted octanol–water partition coefficient (Wildman–Crippen LogP) is 1.72. The largest absolute Gasteiger partial charge is 0.394 e. The Bertz CT molecular complexity index is 458. The van der Waals surface area contributed by atoms with Gasteiger partial charge in [0, 0.05) is 18.7 Å². The number of hydrogen-bond donors (Lipinski definition) is 3.